The van der Waals surface area contributed by atoms with E-state index in [9.17, 15) is 0 Å². The lowest BCUT2D eigenvalue weighted by Crippen LogP contribution is -2.16. The molecule has 1 aliphatic carbocycles. The summed E-state index contributed by atoms with van der Waals surface area (Å²) in [5.41, 5.74) is 28.3. The zero-order valence-corrected chi connectivity index (χ0v) is 50.3. The number of rotatable bonds is 20. The first-order valence-corrected chi connectivity index (χ1v) is 31.4. The summed E-state index contributed by atoms with van der Waals surface area (Å²) in [5, 5.41) is 2.48. The summed E-state index contributed by atoms with van der Waals surface area (Å²) in [5.74, 6) is 0. The maximum Gasteiger partial charge on any atom is 0.0541 e. The van der Waals surface area contributed by atoms with Crippen molar-refractivity contribution in [2.24, 2.45) is 0 Å². The number of para-hydroxylation sites is 1. The molecule has 0 saturated heterocycles. The summed E-state index contributed by atoms with van der Waals surface area (Å²) in [6, 6.07) is 93.5. The Morgan fingerprint density at radius 1 is 0.329 bits per heavy atom. The maximum atomic E-state index is 2.48. The van der Waals surface area contributed by atoms with E-state index >= 15 is 0 Å². The lowest BCUT2D eigenvalue weighted by Gasteiger charge is -2.28. The minimum Gasteiger partial charge on any atom is -0.310 e. The fraction of sp³-hybridized carbons (Fsp3) is 0.205. The number of unbranched alkanes of at least 4 members (excludes halogenated alkanes) is 9. The van der Waals surface area contributed by atoms with Gasteiger partial charge in [0.05, 0.1) is 11.0 Å². The van der Waals surface area contributed by atoms with E-state index in [0.717, 1.165) is 29.2 Å². The van der Waals surface area contributed by atoms with Gasteiger partial charge in [-0.15, -0.1) is 0 Å². The molecule has 0 atom stereocenters. The van der Waals surface area contributed by atoms with Crippen LogP contribution in [0.4, 0.5) is 17.1 Å². The van der Waals surface area contributed by atoms with Crippen LogP contribution < -0.4 is 4.90 Å². The second kappa shape index (κ2) is 24.3. The van der Waals surface area contributed by atoms with Crippen LogP contribution in [-0.4, -0.2) is 4.57 Å². The van der Waals surface area contributed by atoms with Crippen molar-refractivity contribution >= 4 is 38.9 Å². The topological polar surface area (TPSA) is 8.17 Å². The third-order valence-corrected chi connectivity index (χ3v) is 18.3. The van der Waals surface area contributed by atoms with Crippen LogP contribution in [0.25, 0.3) is 94.3 Å². The summed E-state index contributed by atoms with van der Waals surface area (Å²) in [6.45, 7) is 11.4. The Bertz CT molecular complexity index is 4290. The third-order valence-electron chi connectivity index (χ3n) is 18.3. The normalized spacial score (nSPS) is 12.4. The summed E-state index contributed by atoms with van der Waals surface area (Å²) in [6.07, 6.45) is 14.8. The van der Waals surface area contributed by atoms with Crippen LogP contribution in [0, 0.1) is 13.8 Å². The van der Waals surface area contributed by atoms with Crippen molar-refractivity contribution in [3.8, 4) is 72.4 Å². The molecular weight excluding hydrogens is 1020 g/mol. The predicted molar refractivity (Wildman–Crippen MR) is 365 cm³/mol. The molecule has 11 aromatic carbocycles. The minimum atomic E-state index is -0.116. The molecule has 420 valence electrons. The van der Waals surface area contributed by atoms with E-state index in [1.165, 1.54) is 181 Å². The highest BCUT2D eigenvalue weighted by Crippen LogP contribution is 2.51. The SMILES string of the molecule is CCCCCCCCCCCCc1ccc(-c2cc(-c3ccc(C)cc3)cc(-c3cc(C)cc(-n4c5ccccc5c5cc(-c6ccc(N(c7ccc(-c8ccccc8)cc7)c7ccc8c(c7)C(C)(C)c7ccccc7-8)cc6)ccc54)c3)c2)cc1. The van der Waals surface area contributed by atoms with E-state index in [1.54, 1.807) is 0 Å². The predicted octanol–water partition coefficient (Wildman–Crippen LogP) is 24.0. The molecule has 13 rings (SSSR count). The number of benzene rings is 11. The summed E-state index contributed by atoms with van der Waals surface area (Å²) in [4.78, 5) is 2.42. The Labute approximate surface area is 505 Å². The summed E-state index contributed by atoms with van der Waals surface area (Å²) < 4.78 is 2.48. The van der Waals surface area contributed by atoms with Crippen molar-refractivity contribution < 1.29 is 0 Å². The van der Waals surface area contributed by atoms with Crippen LogP contribution in [0.5, 0.6) is 0 Å². The van der Waals surface area contributed by atoms with Crippen molar-refractivity contribution in [3.05, 3.63) is 277 Å². The average Bonchev–Trinajstić information content (AvgIpc) is 3.29. The van der Waals surface area contributed by atoms with Gasteiger partial charge in [0.15, 0.2) is 0 Å². The molecule has 0 spiro atoms. The zero-order chi connectivity index (χ0) is 57.9. The zero-order valence-electron chi connectivity index (χ0n) is 50.3. The van der Waals surface area contributed by atoms with Gasteiger partial charge < -0.3 is 9.47 Å². The van der Waals surface area contributed by atoms with E-state index in [0.29, 0.717) is 0 Å². The number of anilines is 3. The van der Waals surface area contributed by atoms with E-state index in [2.05, 4.69) is 293 Å². The number of fused-ring (bicyclic) bond motifs is 6. The van der Waals surface area contributed by atoms with Gasteiger partial charge in [-0.3, -0.25) is 0 Å². The van der Waals surface area contributed by atoms with Crippen molar-refractivity contribution in [1.82, 2.24) is 4.57 Å². The van der Waals surface area contributed by atoms with Gasteiger partial charge in [0, 0.05) is 38.9 Å². The van der Waals surface area contributed by atoms with Gasteiger partial charge in [-0.05, 0) is 201 Å². The summed E-state index contributed by atoms with van der Waals surface area (Å²) >= 11 is 0. The van der Waals surface area contributed by atoms with E-state index in [1.807, 2.05) is 0 Å². The Morgan fingerprint density at radius 3 is 1.51 bits per heavy atom. The number of nitrogens with zero attached hydrogens (tertiary/aromatic N) is 2. The first kappa shape index (κ1) is 55.2. The average molecular weight is 1100 g/mol. The molecule has 0 amide bonds. The molecule has 1 aromatic heterocycles. The largest absolute Gasteiger partial charge is 0.310 e. The van der Waals surface area contributed by atoms with Crippen LogP contribution in [0.1, 0.15) is 113 Å². The number of aromatic nitrogens is 1. The molecule has 1 heterocycles. The summed E-state index contributed by atoms with van der Waals surface area (Å²) in [7, 11) is 0. The van der Waals surface area contributed by atoms with Crippen LogP contribution in [0.2, 0.25) is 0 Å². The van der Waals surface area contributed by atoms with Crippen molar-refractivity contribution in [2.75, 3.05) is 4.90 Å². The van der Waals surface area contributed by atoms with E-state index < -0.39 is 0 Å². The molecule has 0 radical (unpaired) electrons. The smallest absolute Gasteiger partial charge is 0.0541 e. The van der Waals surface area contributed by atoms with Gasteiger partial charge >= 0.3 is 0 Å². The molecule has 85 heavy (non-hydrogen) atoms. The number of hydrogen-bond donors (Lipinski definition) is 0. The van der Waals surface area contributed by atoms with Gasteiger partial charge in [-0.25, -0.2) is 0 Å². The Morgan fingerprint density at radius 2 is 0.824 bits per heavy atom. The molecule has 0 unspecified atom stereocenters. The van der Waals surface area contributed by atoms with E-state index in [4.69, 9.17) is 0 Å². The van der Waals surface area contributed by atoms with Gasteiger partial charge in [-0.1, -0.05) is 248 Å². The fourth-order valence-corrected chi connectivity index (χ4v) is 13.6. The molecular formula is C83H78N2. The maximum absolute atomic E-state index is 2.48. The van der Waals surface area contributed by atoms with E-state index in [-0.39, 0.29) is 5.41 Å². The lowest BCUT2D eigenvalue weighted by atomic mass is 9.82. The second-order valence-electron chi connectivity index (χ2n) is 24.6. The van der Waals surface area contributed by atoms with Crippen LogP contribution >= 0.6 is 0 Å². The van der Waals surface area contributed by atoms with Gasteiger partial charge in [0.2, 0.25) is 0 Å². The number of aryl methyl sites for hydroxylation is 3. The fourth-order valence-electron chi connectivity index (χ4n) is 13.6. The molecule has 2 heteroatoms. The second-order valence-corrected chi connectivity index (χ2v) is 24.6. The Kier molecular flexibility index (Phi) is 15.8. The van der Waals surface area contributed by atoms with Crippen molar-refractivity contribution in [3.63, 3.8) is 0 Å². The number of hydrogen-bond acceptors (Lipinski definition) is 1. The highest BCUT2D eigenvalue weighted by molar-refractivity contribution is 6.10. The minimum absolute atomic E-state index is 0.116. The van der Waals surface area contributed by atoms with Crippen molar-refractivity contribution in [2.45, 2.75) is 111 Å². The monoisotopic (exact) mass is 1100 g/mol. The van der Waals surface area contributed by atoms with Gasteiger partial charge in [0.1, 0.15) is 0 Å². The van der Waals surface area contributed by atoms with Crippen LogP contribution in [0.3, 0.4) is 0 Å². The molecule has 2 nitrogen and oxygen atoms in total. The Balaban J connectivity index is 0.810. The highest BCUT2D eigenvalue weighted by Gasteiger charge is 2.36. The molecule has 0 N–H and O–H groups in total. The molecule has 0 saturated carbocycles. The molecule has 12 aromatic rings. The molecule has 0 aliphatic heterocycles. The first-order valence-electron chi connectivity index (χ1n) is 31.4. The van der Waals surface area contributed by atoms with Crippen LogP contribution in [0.15, 0.2) is 249 Å². The highest BCUT2D eigenvalue weighted by atomic mass is 15.1. The van der Waals surface area contributed by atoms with Crippen molar-refractivity contribution in [1.29, 1.82) is 0 Å². The molecule has 0 fully saturated rings. The lowest BCUT2D eigenvalue weighted by molar-refractivity contribution is 0.556. The third kappa shape index (κ3) is 11.4. The molecule has 1 aliphatic rings. The standard InChI is InChI=1S/C83H78N2/c1-6-7-8-9-10-11-12-13-14-16-23-60-32-36-65(37-33-60)69-52-68(64-34-30-58(2)31-35-64)53-70(54-69)67-50-59(3)51-74(55-67)85-81-29-22-20-27-77(81)78-56-66(42-49-82(78)85)63-40-45-72(46-41-63)84(71-43-38-62(39-44-71)61-24-17-15-18-25-61)73-47-48-76-75-26-19-21-28-79(75)83(4,5)80(76)57-73/h15,17-22,24-57H,6-14,16,23H2,1-5H3. The quantitative estimate of drug-likeness (QED) is 0.0691. The Hall–Kier alpha value is -8.98. The van der Waals surface area contributed by atoms with Gasteiger partial charge in [0.25, 0.3) is 0 Å². The first-order chi connectivity index (χ1) is 41.7. The van der Waals surface area contributed by atoms with Crippen LogP contribution in [-0.2, 0) is 11.8 Å². The van der Waals surface area contributed by atoms with Gasteiger partial charge in [-0.2, -0.15) is 0 Å². The molecule has 0 bridgehead atoms.